The molecule has 0 aliphatic heterocycles. The molecule has 0 saturated heterocycles. The summed E-state index contributed by atoms with van der Waals surface area (Å²) < 4.78 is 1.15. The Morgan fingerprint density at radius 3 is 2.23 bits per heavy atom. The van der Waals surface area contributed by atoms with Gasteiger partial charge in [0.25, 0.3) is 0 Å². The molecule has 0 bridgehead atoms. The molecule has 0 N–H and O–H groups in total. The van der Waals surface area contributed by atoms with Crippen molar-refractivity contribution in [1.82, 2.24) is 0 Å². The number of benzene rings is 1. The second-order valence-corrected chi connectivity index (χ2v) is 5.53. The highest BCUT2D eigenvalue weighted by molar-refractivity contribution is 9.10. The summed E-state index contributed by atoms with van der Waals surface area (Å²) in [6, 6.07) is 8.66. The van der Waals surface area contributed by atoms with E-state index >= 15 is 0 Å². The van der Waals surface area contributed by atoms with Crippen molar-refractivity contribution >= 4 is 28.6 Å². The summed E-state index contributed by atoms with van der Waals surface area (Å²) in [6.45, 7) is 2.19. The van der Waals surface area contributed by atoms with Gasteiger partial charge in [-0.25, -0.2) is 0 Å². The van der Waals surface area contributed by atoms with E-state index in [1.54, 1.807) is 0 Å². The number of hydrogen-bond acceptors (Lipinski definition) is 1. The van der Waals surface area contributed by atoms with Gasteiger partial charge in [-0.1, -0.05) is 35.0 Å². The van der Waals surface area contributed by atoms with Gasteiger partial charge in [-0.2, -0.15) is 12.6 Å². The SMILES string of the molecule is CC(S)C1(c2ccc(Br)cc2)CC1. The van der Waals surface area contributed by atoms with Gasteiger partial charge in [0.15, 0.2) is 0 Å². The summed E-state index contributed by atoms with van der Waals surface area (Å²) in [4.78, 5) is 0. The molecule has 1 aliphatic rings. The van der Waals surface area contributed by atoms with Crippen molar-refractivity contribution in [3.63, 3.8) is 0 Å². The lowest BCUT2D eigenvalue weighted by atomic mass is 9.93. The number of hydrogen-bond donors (Lipinski definition) is 1. The Morgan fingerprint density at radius 2 is 1.85 bits per heavy atom. The van der Waals surface area contributed by atoms with E-state index in [4.69, 9.17) is 0 Å². The Labute approximate surface area is 93.3 Å². The Hall–Kier alpha value is 0.0500. The zero-order valence-electron chi connectivity index (χ0n) is 7.63. The van der Waals surface area contributed by atoms with Gasteiger partial charge in [0.2, 0.25) is 0 Å². The van der Waals surface area contributed by atoms with Crippen molar-refractivity contribution < 1.29 is 0 Å². The van der Waals surface area contributed by atoms with Gasteiger partial charge < -0.3 is 0 Å². The van der Waals surface area contributed by atoms with Crippen molar-refractivity contribution in [3.05, 3.63) is 34.3 Å². The predicted molar refractivity (Wildman–Crippen MR) is 63.5 cm³/mol. The second-order valence-electron chi connectivity index (χ2n) is 3.84. The highest BCUT2D eigenvalue weighted by atomic mass is 79.9. The van der Waals surface area contributed by atoms with E-state index in [0.29, 0.717) is 10.7 Å². The second kappa shape index (κ2) is 3.32. The fourth-order valence-corrected chi connectivity index (χ4v) is 2.54. The van der Waals surface area contributed by atoms with E-state index < -0.39 is 0 Å². The molecule has 1 saturated carbocycles. The molecule has 2 heteroatoms. The molecular weight excluding hydrogens is 244 g/mol. The van der Waals surface area contributed by atoms with Gasteiger partial charge in [0.1, 0.15) is 0 Å². The van der Waals surface area contributed by atoms with Crippen molar-refractivity contribution in [2.45, 2.75) is 30.4 Å². The molecule has 13 heavy (non-hydrogen) atoms. The molecule has 1 unspecified atom stereocenters. The van der Waals surface area contributed by atoms with Crippen molar-refractivity contribution in [2.24, 2.45) is 0 Å². The summed E-state index contributed by atoms with van der Waals surface area (Å²) in [5, 5.41) is 0.466. The lowest BCUT2D eigenvalue weighted by Gasteiger charge is -2.19. The number of rotatable bonds is 2. The van der Waals surface area contributed by atoms with Crippen LogP contribution in [0.3, 0.4) is 0 Å². The zero-order chi connectivity index (χ0) is 9.47. The quantitative estimate of drug-likeness (QED) is 0.765. The number of halogens is 1. The summed E-state index contributed by atoms with van der Waals surface area (Å²) >= 11 is 8.02. The third-order valence-electron chi connectivity index (χ3n) is 3.01. The fourth-order valence-electron chi connectivity index (χ4n) is 1.86. The molecule has 0 heterocycles. The molecule has 0 radical (unpaired) electrons. The highest BCUT2D eigenvalue weighted by Crippen LogP contribution is 2.52. The Kier molecular flexibility index (Phi) is 2.45. The topological polar surface area (TPSA) is 0 Å². The molecule has 0 nitrogen and oxygen atoms in total. The van der Waals surface area contributed by atoms with Crippen LogP contribution in [0.1, 0.15) is 25.3 Å². The first-order valence-corrected chi connectivity index (χ1v) is 5.90. The average molecular weight is 257 g/mol. The van der Waals surface area contributed by atoms with Crippen LogP contribution in [0.5, 0.6) is 0 Å². The van der Waals surface area contributed by atoms with Crippen LogP contribution in [-0.4, -0.2) is 5.25 Å². The van der Waals surface area contributed by atoms with Crippen LogP contribution in [0.4, 0.5) is 0 Å². The van der Waals surface area contributed by atoms with Gasteiger partial charge in [-0.05, 0) is 30.5 Å². The minimum absolute atomic E-state index is 0.379. The fraction of sp³-hybridized carbons (Fsp3) is 0.455. The maximum Gasteiger partial charge on any atom is 0.0175 e. The van der Waals surface area contributed by atoms with E-state index in [9.17, 15) is 0 Å². The van der Waals surface area contributed by atoms with Crippen LogP contribution < -0.4 is 0 Å². The predicted octanol–water partition coefficient (Wildman–Crippen LogP) is 3.80. The van der Waals surface area contributed by atoms with Gasteiger partial charge in [0.05, 0.1) is 0 Å². The molecule has 1 aliphatic carbocycles. The number of thiol groups is 1. The normalized spacial score (nSPS) is 21.2. The first kappa shape index (κ1) is 9.60. The van der Waals surface area contributed by atoms with Crippen LogP contribution in [0.15, 0.2) is 28.7 Å². The largest absolute Gasteiger partial charge is 0.175 e. The molecule has 1 aromatic carbocycles. The Balaban J connectivity index is 2.31. The van der Waals surface area contributed by atoms with Crippen LogP contribution in [0, 0.1) is 0 Å². The molecule has 0 spiro atoms. The Morgan fingerprint density at radius 1 is 1.31 bits per heavy atom. The summed E-state index contributed by atoms with van der Waals surface area (Å²) in [5.74, 6) is 0. The van der Waals surface area contributed by atoms with Crippen molar-refractivity contribution in [1.29, 1.82) is 0 Å². The molecule has 0 amide bonds. The zero-order valence-corrected chi connectivity index (χ0v) is 10.1. The van der Waals surface area contributed by atoms with E-state index in [1.165, 1.54) is 18.4 Å². The van der Waals surface area contributed by atoms with Gasteiger partial charge >= 0.3 is 0 Å². The van der Waals surface area contributed by atoms with E-state index in [0.717, 1.165) is 4.47 Å². The standard InChI is InChI=1S/C11H13BrS/c1-8(13)11(6-7-11)9-2-4-10(12)5-3-9/h2-5,8,13H,6-7H2,1H3. The highest BCUT2D eigenvalue weighted by Gasteiger charge is 2.47. The summed E-state index contributed by atoms with van der Waals surface area (Å²) in [5.41, 5.74) is 1.82. The third kappa shape index (κ3) is 1.66. The van der Waals surface area contributed by atoms with Crippen molar-refractivity contribution in [2.75, 3.05) is 0 Å². The first-order valence-electron chi connectivity index (χ1n) is 4.59. The molecule has 1 aromatic rings. The molecule has 0 aromatic heterocycles. The van der Waals surface area contributed by atoms with E-state index in [-0.39, 0.29) is 0 Å². The molecule has 1 atom stereocenters. The maximum absolute atomic E-state index is 4.57. The first-order chi connectivity index (χ1) is 6.15. The van der Waals surface area contributed by atoms with Crippen LogP contribution in [0.25, 0.3) is 0 Å². The molecular formula is C11H13BrS. The van der Waals surface area contributed by atoms with Crippen LogP contribution in [0.2, 0.25) is 0 Å². The van der Waals surface area contributed by atoms with E-state index in [1.807, 2.05) is 0 Å². The van der Waals surface area contributed by atoms with Crippen LogP contribution >= 0.6 is 28.6 Å². The van der Waals surface area contributed by atoms with Gasteiger partial charge in [-0.3, -0.25) is 0 Å². The summed E-state index contributed by atoms with van der Waals surface area (Å²) in [6.07, 6.45) is 2.58. The van der Waals surface area contributed by atoms with Crippen molar-refractivity contribution in [3.8, 4) is 0 Å². The molecule has 70 valence electrons. The molecule has 1 fully saturated rings. The lowest BCUT2D eigenvalue weighted by Crippen LogP contribution is -2.17. The molecule has 2 rings (SSSR count). The van der Waals surface area contributed by atoms with Gasteiger partial charge in [0, 0.05) is 15.1 Å². The lowest BCUT2D eigenvalue weighted by molar-refractivity contribution is 0.685. The third-order valence-corrected chi connectivity index (χ3v) is 4.03. The minimum atomic E-state index is 0.379. The summed E-state index contributed by atoms with van der Waals surface area (Å²) in [7, 11) is 0. The van der Waals surface area contributed by atoms with Gasteiger partial charge in [-0.15, -0.1) is 0 Å². The van der Waals surface area contributed by atoms with E-state index in [2.05, 4.69) is 59.7 Å². The minimum Gasteiger partial charge on any atom is -0.175 e. The van der Waals surface area contributed by atoms with Crippen LogP contribution in [-0.2, 0) is 5.41 Å². The maximum atomic E-state index is 4.57. The average Bonchev–Trinajstić information content (AvgIpc) is 2.86. The smallest absolute Gasteiger partial charge is 0.0175 e. The monoisotopic (exact) mass is 256 g/mol. The Bertz CT molecular complexity index is 298.